The Morgan fingerprint density at radius 2 is 0.729 bits per heavy atom. The van der Waals surface area contributed by atoms with Crippen LogP contribution in [0.3, 0.4) is 0 Å². The van der Waals surface area contributed by atoms with Crippen molar-refractivity contribution in [3.63, 3.8) is 0 Å². The summed E-state index contributed by atoms with van der Waals surface area (Å²) in [4.78, 5) is 37.6. The summed E-state index contributed by atoms with van der Waals surface area (Å²) in [6, 6.07) is 0. The average molecular weight is 1010 g/mol. The fourth-order valence-electron chi connectivity index (χ4n) is 9.07. The van der Waals surface area contributed by atoms with Gasteiger partial charge in [0.05, 0.1) is 27.7 Å². The molecule has 0 aliphatic rings. The minimum Gasteiger partial charge on any atom is -0.756 e. The van der Waals surface area contributed by atoms with Gasteiger partial charge in [0, 0.05) is 12.8 Å². The van der Waals surface area contributed by atoms with Crippen LogP contribution < -0.4 is 4.89 Å². The number of hydrogen-bond donors (Lipinski definition) is 0. The lowest BCUT2D eigenvalue weighted by molar-refractivity contribution is -0.870. The molecule has 416 valence electrons. The van der Waals surface area contributed by atoms with Gasteiger partial charge in [0.1, 0.15) is 19.8 Å². The summed E-state index contributed by atoms with van der Waals surface area (Å²) < 4.78 is 34.0. The molecule has 0 aliphatic heterocycles. The Balaban J connectivity index is 3.81. The van der Waals surface area contributed by atoms with Crippen molar-refractivity contribution in [1.82, 2.24) is 0 Å². The second-order valence-corrected chi connectivity index (χ2v) is 23.5. The summed E-state index contributed by atoms with van der Waals surface area (Å²) >= 11 is 0. The molecule has 0 aromatic rings. The van der Waals surface area contributed by atoms with E-state index in [2.05, 4.69) is 26.0 Å². The van der Waals surface area contributed by atoms with E-state index < -0.39 is 26.5 Å². The van der Waals surface area contributed by atoms with Crippen molar-refractivity contribution in [2.75, 3.05) is 47.5 Å². The standard InChI is InChI=1S/C60H118NO8P/c1-6-8-10-12-14-16-17-18-19-20-21-22-23-24-25-26-27-28-29-30-31-32-33-34-35-36-37-38-39-40-41-42-43-45-47-49-51-53-60(63)69-58(57-68-70(64,65)67-55-54-61(3,4)5)56-66-59(62)52-50-48-46-44-15-13-11-9-7-2/h20-21,58H,6-19,22-57H2,1-5H3/b21-20-. The van der Waals surface area contributed by atoms with Gasteiger partial charge >= 0.3 is 11.9 Å². The molecule has 2 atom stereocenters. The summed E-state index contributed by atoms with van der Waals surface area (Å²) in [5.41, 5.74) is 0. The van der Waals surface area contributed by atoms with Crippen molar-refractivity contribution in [1.29, 1.82) is 0 Å². The van der Waals surface area contributed by atoms with Crippen LogP contribution in [0.5, 0.6) is 0 Å². The Morgan fingerprint density at radius 1 is 0.429 bits per heavy atom. The molecule has 10 heteroatoms. The highest BCUT2D eigenvalue weighted by atomic mass is 31.2. The lowest BCUT2D eigenvalue weighted by atomic mass is 10.0. The Labute approximate surface area is 435 Å². The normalized spacial score (nSPS) is 13.3. The van der Waals surface area contributed by atoms with E-state index in [-0.39, 0.29) is 32.0 Å². The number of phosphoric acid groups is 1. The second kappa shape index (κ2) is 52.6. The first-order valence-electron chi connectivity index (χ1n) is 30.4. The maximum Gasteiger partial charge on any atom is 0.306 e. The predicted octanol–water partition coefficient (Wildman–Crippen LogP) is 18.2. The highest BCUT2D eigenvalue weighted by Crippen LogP contribution is 2.38. The van der Waals surface area contributed by atoms with E-state index in [0.717, 1.165) is 32.1 Å². The molecule has 0 aromatic carbocycles. The van der Waals surface area contributed by atoms with Crippen LogP contribution in [0.1, 0.15) is 309 Å². The van der Waals surface area contributed by atoms with Gasteiger partial charge in [0.2, 0.25) is 0 Å². The zero-order valence-corrected chi connectivity index (χ0v) is 48.1. The van der Waals surface area contributed by atoms with E-state index in [1.807, 2.05) is 21.1 Å². The van der Waals surface area contributed by atoms with Gasteiger partial charge in [0.25, 0.3) is 7.82 Å². The van der Waals surface area contributed by atoms with Crippen LogP contribution in [-0.4, -0.2) is 70.0 Å². The Morgan fingerprint density at radius 3 is 1.06 bits per heavy atom. The maximum atomic E-state index is 12.7. The molecule has 0 saturated carbocycles. The molecule has 0 radical (unpaired) electrons. The molecule has 70 heavy (non-hydrogen) atoms. The molecule has 0 bridgehead atoms. The topological polar surface area (TPSA) is 111 Å². The van der Waals surface area contributed by atoms with Crippen molar-refractivity contribution in [2.24, 2.45) is 0 Å². The van der Waals surface area contributed by atoms with Crippen LogP contribution >= 0.6 is 7.82 Å². The number of nitrogens with zero attached hydrogens (tertiary/aromatic N) is 1. The Kier molecular flexibility index (Phi) is 51.7. The summed E-state index contributed by atoms with van der Waals surface area (Å²) in [7, 11) is 1.18. The zero-order valence-electron chi connectivity index (χ0n) is 47.2. The third-order valence-corrected chi connectivity index (χ3v) is 14.7. The Hall–Kier alpha value is -1.25. The minimum atomic E-state index is -4.62. The van der Waals surface area contributed by atoms with Crippen molar-refractivity contribution in [3.8, 4) is 0 Å². The molecule has 0 heterocycles. The number of unbranched alkanes of at least 4 members (excludes halogenated alkanes) is 41. The minimum absolute atomic E-state index is 0.0263. The number of esters is 2. The van der Waals surface area contributed by atoms with E-state index in [1.165, 1.54) is 244 Å². The van der Waals surface area contributed by atoms with Gasteiger partial charge in [-0.1, -0.05) is 270 Å². The highest BCUT2D eigenvalue weighted by molar-refractivity contribution is 7.45. The van der Waals surface area contributed by atoms with E-state index in [0.29, 0.717) is 17.4 Å². The first kappa shape index (κ1) is 68.8. The number of hydrogen-bond acceptors (Lipinski definition) is 8. The van der Waals surface area contributed by atoms with Gasteiger partial charge in [-0.3, -0.25) is 14.2 Å². The largest absolute Gasteiger partial charge is 0.756 e. The van der Waals surface area contributed by atoms with Crippen LogP contribution in [-0.2, 0) is 32.7 Å². The average Bonchev–Trinajstić information content (AvgIpc) is 3.32. The lowest BCUT2D eigenvalue weighted by Gasteiger charge is -2.28. The number of quaternary nitrogens is 1. The number of phosphoric ester groups is 1. The number of carbonyl (C=O) groups excluding carboxylic acids is 2. The van der Waals surface area contributed by atoms with Crippen LogP contribution in [0.25, 0.3) is 0 Å². The van der Waals surface area contributed by atoms with Crippen LogP contribution in [0.15, 0.2) is 12.2 Å². The predicted molar refractivity (Wildman–Crippen MR) is 296 cm³/mol. The number of carbonyl (C=O) groups is 2. The summed E-state index contributed by atoms with van der Waals surface area (Å²) in [5.74, 6) is -0.820. The van der Waals surface area contributed by atoms with Crippen LogP contribution in [0.4, 0.5) is 0 Å². The third-order valence-electron chi connectivity index (χ3n) is 13.8. The summed E-state index contributed by atoms with van der Waals surface area (Å²) in [6.45, 7) is 4.25. The molecule has 0 rings (SSSR count). The van der Waals surface area contributed by atoms with Crippen LogP contribution in [0, 0.1) is 0 Å². The van der Waals surface area contributed by atoms with Gasteiger partial charge in [-0.15, -0.1) is 0 Å². The molecule has 0 N–H and O–H groups in total. The molecule has 0 fully saturated rings. The fourth-order valence-corrected chi connectivity index (χ4v) is 9.80. The molecule has 0 aromatic heterocycles. The van der Waals surface area contributed by atoms with Crippen molar-refractivity contribution in [2.45, 2.75) is 315 Å². The summed E-state index contributed by atoms with van der Waals surface area (Å²) in [6.07, 6.45) is 61.7. The SMILES string of the molecule is CCCCCCCCCC/C=C\CCCCCCCCCCCCCCCCCCCCCCCCCCCC(=O)OC(COC(=O)CCCCCCCCCCC)COP(=O)([O-])OCC[N+](C)(C)C. The number of allylic oxidation sites excluding steroid dienone is 2. The van der Waals surface area contributed by atoms with E-state index in [9.17, 15) is 19.0 Å². The molecule has 2 unspecified atom stereocenters. The molecule has 0 amide bonds. The molecule has 9 nitrogen and oxygen atoms in total. The van der Waals surface area contributed by atoms with Gasteiger partial charge < -0.3 is 27.9 Å². The van der Waals surface area contributed by atoms with Gasteiger partial charge in [0.15, 0.2) is 6.10 Å². The van der Waals surface area contributed by atoms with Crippen molar-refractivity contribution >= 4 is 19.8 Å². The summed E-state index contributed by atoms with van der Waals surface area (Å²) in [5, 5.41) is 0. The first-order valence-corrected chi connectivity index (χ1v) is 31.9. The molecular formula is C60H118NO8P. The third kappa shape index (κ3) is 56.1. The second-order valence-electron chi connectivity index (χ2n) is 22.1. The van der Waals surface area contributed by atoms with E-state index in [1.54, 1.807) is 0 Å². The molecule has 0 saturated heterocycles. The number of rotatable bonds is 57. The van der Waals surface area contributed by atoms with E-state index in [4.69, 9.17) is 18.5 Å². The monoisotopic (exact) mass is 1010 g/mol. The van der Waals surface area contributed by atoms with Crippen molar-refractivity contribution in [3.05, 3.63) is 12.2 Å². The maximum absolute atomic E-state index is 12.7. The number of ether oxygens (including phenoxy) is 2. The molecule has 0 aliphatic carbocycles. The van der Waals surface area contributed by atoms with E-state index >= 15 is 0 Å². The number of likely N-dealkylation sites (N-methyl/N-ethyl adjacent to an activating group) is 1. The molecule has 0 spiro atoms. The Bertz CT molecular complexity index is 1190. The smallest absolute Gasteiger partial charge is 0.306 e. The lowest BCUT2D eigenvalue weighted by Crippen LogP contribution is -2.37. The van der Waals surface area contributed by atoms with Gasteiger partial charge in [-0.25, -0.2) is 0 Å². The first-order chi connectivity index (χ1) is 34.0. The quantitative estimate of drug-likeness (QED) is 0.0195. The van der Waals surface area contributed by atoms with Crippen molar-refractivity contribution < 1.29 is 42.1 Å². The molecular weight excluding hydrogens is 894 g/mol. The fraction of sp³-hybridized carbons (Fsp3) is 0.933. The highest BCUT2D eigenvalue weighted by Gasteiger charge is 2.22. The van der Waals surface area contributed by atoms with Gasteiger partial charge in [-0.2, -0.15) is 0 Å². The zero-order chi connectivity index (χ0) is 51.3. The van der Waals surface area contributed by atoms with Gasteiger partial charge in [-0.05, 0) is 38.5 Å². The van der Waals surface area contributed by atoms with Crippen LogP contribution in [0.2, 0.25) is 0 Å².